The van der Waals surface area contributed by atoms with Crippen molar-refractivity contribution in [2.24, 2.45) is 10.9 Å². The van der Waals surface area contributed by atoms with Gasteiger partial charge in [0, 0.05) is 18.0 Å². The average Bonchev–Trinajstić information content (AvgIpc) is 3.31. The zero-order chi connectivity index (χ0) is 24.9. The number of sulfonamides is 1. The third-order valence-corrected chi connectivity index (χ3v) is 6.06. The van der Waals surface area contributed by atoms with Crippen LogP contribution in [0.25, 0.3) is 10.4 Å². The average molecular weight is 492 g/mol. The van der Waals surface area contributed by atoms with Crippen molar-refractivity contribution < 1.29 is 23.1 Å². The number of nitrogens with two attached hydrogens (primary N) is 2. The largest absolute Gasteiger partial charge is 0.481 e. The fraction of sp³-hybridized carbons (Fsp3) is 0.217. The number of hydrogen-bond donors (Lipinski definition) is 4. The minimum absolute atomic E-state index is 0.0788. The lowest BCUT2D eigenvalue weighted by molar-refractivity contribution is -0.136. The Morgan fingerprint density at radius 2 is 1.58 bits per heavy atom. The molecule has 0 saturated heterocycles. The highest BCUT2D eigenvalue weighted by Crippen LogP contribution is 2.28. The molecule has 0 fully saturated rings. The lowest BCUT2D eigenvalue weighted by atomic mass is 10.1. The highest BCUT2D eigenvalue weighted by Gasteiger charge is 2.10. The van der Waals surface area contributed by atoms with Gasteiger partial charge in [-0.05, 0) is 35.4 Å². The first-order valence-electron chi connectivity index (χ1n) is 10.2. The molecule has 33 heavy (non-hydrogen) atoms. The van der Waals surface area contributed by atoms with Crippen molar-refractivity contribution in [3.8, 4) is 10.4 Å². The molecule has 8 nitrogen and oxygen atoms in total. The summed E-state index contributed by atoms with van der Waals surface area (Å²) in [6, 6.07) is 19.4. The number of hydrogen-bond acceptors (Lipinski definition) is 6. The minimum atomic E-state index is -3.50. The number of aliphatic carboxylic acids is 1. The van der Waals surface area contributed by atoms with Crippen molar-refractivity contribution in [1.29, 1.82) is 0 Å². The van der Waals surface area contributed by atoms with Crippen LogP contribution in [0.1, 0.15) is 35.5 Å². The fourth-order valence-electron chi connectivity index (χ4n) is 2.40. The smallest absolute Gasteiger partial charge is 0.305 e. The predicted octanol–water partition coefficient (Wildman–Crippen LogP) is 3.44. The molecule has 6 N–H and O–H groups in total. The Kier molecular flexibility index (Phi) is 12.0. The molecule has 0 spiro atoms. The summed E-state index contributed by atoms with van der Waals surface area (Å²) in [5, 5.41) is 16.0. The molecule has 0 unspecified atom stereocenters. The zero-order valence-electron chi connectivity index (χ0n) is 18.5. The number of carboxylic acids is 1. The summed E-state index contributed by atoms with van der Waals surface area (Å²) in [7, 11) is -3.50. The lowest BCUT2D eigenvalue weighted by Gasteiger charge is -2.01. The Labute approximate surface area is 198 Å². The maximum Gasteiger partial charge on any atom is 0.305 e. The van der Waals surface area contributed by atoms with E-state index in [1.807, 2.05) is 44.2 Å². The van der Waals surface area contributed by atoms with Crippen LogP contribution in [0.15, 0.2) is 71.6 Å². The third kappa shape index (κ3) is 9.96. The number of carbonyl (C=O) groups is 2. The van der Waals surface area contributed by atoms with Gasteiger partial charge in [-0.25, -0.2) is 13.6 Å². The lowest BCUT2D eigenvalue weighted by Crippen LogP contribution is -2.25. The van der Waals surface area contributed by atoms with E-state index in [0.717, 1.165) is 16.0 Å². The van der Waals surface area contributed by atoms with Crippen LogP contribution in [0.4, 0.5) is 0 Å². The molecule has 3 rings (SSSR count). The van der Waals surface area contributed by atoms with Crippen LogP contribution in [0.2, 0.25) is 0 Å². The molecule has 0 aliphatic rings. The molecule has 0 saturated carbocycles. The van der Waals surface area contributed by atoms with Crippen LogP contribution in [-0.2, 0) is 21.4 Å². The zero-order valence-corrected chi connectivity index (χ0v) is 20.2. The second-order valence-corrected chi connectivity index (χ2v) is 8.97. The van der Waals surface area contributed by atoms with Gasteiger partial charge in [-0.2, -0.15) is 0 Å². The van der Waals surface area contributed by atoms with E-state index in [-0.39, 0.29) is 23.8 Å². The van der Waals surface area contributed by atoms with Crippen LogP contribution in [-0.4, -0.2) is 31.9 Å². The molecule has 0 aliphatic heterocycles. The molecule has 0 bridgehead atoms. The Morgan fingerprint density at radius 3 is 2.06 bits per heavy atom. The van der Waals surface area contributed by atoms with E-state index in [9.17, 15) is 18.0 Å². The molecule has 0 aliphatic carbocycles. The molecule has 3 aromatic rings. The van der Waals surface area contributed by atoms with E-state index in [0.29, 0.717) is 11.4 Å². The highest BCUT2D eigenvalue weighted by atomic mass is 32.2. The van der Waals surface area contributed by atoms with Crippen LogP contribution in [0, 0.1) is 0 Å². The number of rotatable bonds is 7. The van der Waals surface area contributed by atoms with Crippen LogP contribution in [0.5, 0.6) is 0 Å². The molecule has 10 heteroatoms. The maximum atomic E-state index is 11.9. The van der Waals surface area contributed by atoms with Crippen molar-refractivity contribution >= 4 is 33.2 Å². The first-order chi connectivity index (χ1) is 15.7. The third-order valence-electron chi connectivity index (χ3n) is 4.00. The van der Waals surface area contributed by atoms with Crippen LogP contribution < -0.4 is 16.2 Å². The van der Waals surface area contributed by atoms with Crippen molar-refractivity contribution in [2.45, 2.75) is 31.7 Å². The van der Waals surface area contributed by atoms with Crippen LogP contribution in [0.3, 0.4) is 0 Å². The van der Waals surface area contributed by atoms with Crippen LogP contribution >= 0.6 is 11.3 Å². The Balaban J connectivity index is 0.000000380. The Morgan fingerprint density at radius 1 is 0.970 bits per heavy atom. The monoisotopic (exact) mass is 491 g/mol. The number of benzene rings is 2. The number of nitrogens with one attached hydrogen (secondary N) is 1. The normalized spacial score (nSPS) is 10.2. The van der Waals surface area contributed by atoms with Gasteiger partial charge in [-0.15, -0.1) is 11.3 Å². The molecule has 1 amide bonds. The Bertz CT molecular complexity index is 1110. The van der Waals surface area contributed by atoms with Gasteiger partial charge in [0.2, 0.25) is 10.0 Å². The van der Waals surface area contributed by atoms with E-state index in [1.54, 1.807) is 24.3 Å². The van der Waals surface area contributed by atoms with Gasteiger partial charge in [-0.3, -0.25) is 9.59 Å². The topological polar surface area (TPSA) is 153 Å². The quantitative estimate of drug-likeness (QED) is 0.397. The number of primary sulfonamides is 1. The van der Waals surface area contributed by atoms with Gasteiger partial charge < -0.3 is 16.2 Å². The van der Waals surface area contributed by atoms with Gasteiger partial charge in [-0.1, -0.05) is 56.3 Å². The maximum absolute atomic E-state index is 11.9. The summed E-state index contributed by atoms with van der Waals surface area (Å²) in [6.07, 6.45) is -0.0788. The van der Waals surface area contributed by atoms with E-state index >= 15 is 0 Å². The van der Waals surface area contributed by atoms with Crippen molar-refractivity contribution in [3.63, 3.8) is 0 Å². The second-order valence-electron chi connectivity index (χ2n) is 6.32. The standard InChI is InChI=1S/C15H16N2O3S.C6H7NO2S.C2H6/c16-9-10-1-3-11(4-2-10)12-5-6-13(21-12)15(20)17-8-7-14(18)19;7-10(8,9)6-4-2-1-3-5-6;1-2/h1-6H,7-9,16H2,(H,17,20)(H,18,19);1-5H,(H2,7,8,9);1-2H3. The molecular weight excluding hydrogens is 462 g/mol. The van der Waals surface area contributed by atoms with Gasteiger partial charge in [0.25, 0.3) is 5.91 Å². The first-order valence-corrected chi connectivity index (χ1v) is 12.5. The summed E-state index contributed by atoms with van der Waals surface area (Å²) >= 11 is 1.38. The SMILES string of the molecule is CC.NCc1ccc(-c2ccc(C(=O)NCCC(=O)O)s2)cc1.NS(=O)(=O)c1ccccc1. The minimum Gasteiger partial charge on any atom is -0.481 e. The summed E-state index contributed by atoms with van der Waals surface area (Å²) in [5.74, 6) is -1.17. The van der Waals surface area contributed by atoms with Crippen molar-refractivity contribution in [1.82, 2.24) is 5.32 Å². The van der Waals surface area contributed by atoms with Crippen molar-refractivity contribution in [3.05, 3.63) is 77.2 Å². The van der Waals surface area contributed by atoms with Gasteiger partial charge >= 0.3 is 5.97 Å². The number of amides is 1. The first kappa shape index (κ1) is 28.0. The molecule has 1 heterocycles. The molecule has 0 atom stereocenters. The summed E-state index contributed by atoms with van der Waals surface area (Å²) in [4.78, 5) is 24.0. The van der Waals surface area contributed by atoms with E-state index in [2.05, 4.69) is 5.32 Å². The number of carboxylic acid groups (broad SMARTS) is 1. The summed E-state index contributed by atoms with van der Waals surface area (Å²) in [6.45, 7) is 4.63. The van der Waals surface area contributed by atoms with Gasteiger partial charge in [0.15, 0.2) is 0 Å². The van der Waals surface area contributed by atoms with E-state index in [1.165, 1.54) is 23.5 Å². The number of thiophene rings is 1. The summed E-state index contributed by atoms with van der Waals surface area (Å²) < 4.78 is 21.2. The molecule has 1 aromatic heterocycles. The highest BCUT2D eigenvalue weighted by molar-refractivity contribution is 7.89. The van der Waals surface area contributed by atoms with Gasteiger partial charge in [0.05, 0.1) is 16.2 Å². The molecular formula is C23H29N3O5S2. The molecule has 0 radical (unpaired) electrons. The van der Waals surface area contributed by atoms with E-state index < -0.39 is 16.0 Å². The van der Waals surface area contributed by atoms with E-state index in [4.69, 9.17) is 16.0 Å². The number of carbonyl (C=O) groups excluding carboxylic acids is 1. The van der Waals surface area contributed by atoms with Crippen molar-refractivity contribution in [2.75, 3.05) is 6.54 Å². The van der Waals surface area contributed by atoms with Gasteiger partial charge in [0.1, 0.15) is 0 Å². The predicted molar refractivity (Wildman–Crippen MR) is 131 cm³/mol. The molecule has 178 valence electrons. The molecule has 2 aromatic carbocycles. The Hall–Kier alpha value is -3.05. The second kappa shape index (κ2) is 14.2. The fourth-order valence-corrected chi connectivity index (χ4v) is 3.86. The summed E-state index contributed by atoms with van der Waals surface area (Å²) in [5.41, 5.74) is 7.64.